The third-order valence-corrected chi connectivity index (χ3v) is 3.56. The molecule has 0 unspecified atom stereocenters. The zero-order valence-electron chi connectivity index (χ0n) is 10.8. The van der Waals surface area contributed by atoms with E-state index in [1.807, 2.05) is 0 Å². The van der Waals surface area contributed by atoms with Crippen LogP contribution in [0.3, 0.4) is 0 Å². The van der Waals surface area contributed by atoms with Crippen molar-refractivity contribution in [3.05, 3.63) is 18.2 Å². The van der Waals surface area contributed by atoms with E-state index in [9.17, 15) is 8.42 Å². The van der Waals surface area contributed by atoms with Crippen LogP contribution in [0.2, 0.25) is 0 Å². The first kappa shape index (κ1) is 15.7. The van der Waals surface area contributed by atoms with Gasteiger partial charge >= 0.3 is 0 Å². The Kier molecular flexibility index (Phi) is 6.07. The third kappa shape index (κ3) is 5.91. The van der Waals surface area contributed by atoms with Crippen LogP contribution in [0.5, 0.6) is 0 Å². The highest BCUT2D eigenvalue weighted by atomic mass is 32.2. The number of hydrogen-bond acceptors (Lipinski definition) is 5. The smallest absolute Gasteiger partial charge is 0.238 e. The highest BCUT2D eigenvalue weighted by molar-refractivity contribution is 7.89. The van der Waals surface area contributed by atoms with Crippen molar-refractivity contribution in [2.45, 2.75) is 30.6 Å². The number of aliphatic hydroxyl groups excluding tert-OH is 1. The van der Waals surface area contributed by atoms with E-state index in [1.54, 1.807) is 6.07 Å². The molecule has 0 heterocycles. The van der Waals surface area contributed by atoms with Crippen LogP contribution in [0.15, 0.2) is 23.1 Å². The molecule has 108 valence electrons. The molecule has 0 radical (unpaired) electrons. The number of nitrogens with two attached hydrogens (primary N) is 2. The number of aliphatic hydroxyl groups is 1. The van der Waals surface area contributed by atoms with Crippen LogP contribution in [0.1, 0.15) is 25.7 Å². The van der Waals surface area contributed by atoms with E-state index < -0.39 is 10.0 Å². The molecule has 0 aliphatic carbocycles. The predicted molar refractivity (Wildman–Crippen MR) is 76.3 cm³/mol. The molecule has 1 rings (SSSR count). The number of nitrogens with one attached hydrogen (secondary N) is 1. The van der Waals surface area contributed by atoms with Crippen molar-refractivity contribution in [3.63, 3.8) is 0 Å². The summed E-state index contributed by atoms with van der Waals surface area (Å²) < 4.78 is 22.5. The van der Waals surface area contributed by atoms with Crippen LogP contribution in [0.4, 0.5) is 11.4 Å². The Hall–Kier alpha value is -1.31. The summed E-state index contributed by atoms with van der Waals surface area (Å²) in [6.45, 7) is 0.944. The van der Waals surface area contributed by atoms with Gasteiger partial charge in [-0.1, -0.05) is 12.8 Å². The van der Waals surface area contributed by atoms with Crippen LogP contribution in [-0.4, -0.2) is 26.7 Å². The zero-order valence-corrected chi connectivity index (χ0v) is 11.6. The number of rotatable bonds is 8. The van der Waals surface area contributed by atoms with Gasteiger partial charge in [0.25, 0.3) is 0 Å². The van der Waals surface area contributed by atoms with Crippen LogP contribution in [0, 0.1) is 0 Å². The number of primary sulfonamides is 1. The lowest BCUT2D eigenvalue weighted by atomic mass is 10.2. The fourth-order valence-corrected chi connectivity index (χ4v) is 2.30. The van der Waals surface area contributed by atoms with Gasteiger partial charge in [0.15, 0.2) is 0 Å². The Bertz CT molecular complexity index is 503. The average Bonchev–Trinajstić information content (AvgIpc) is 2.32. The molecule has 0 spiro atoms. The molecule has 0 aliphatic rings. The minimum atomic E-state index is -3.74. The zero-order chi connectivity index (χ0) is 14.3. The first-order valence-electron chi connectivity index (χ1n) is 6.21. The van der Waals surface area contributed by atoms with E-state index in [0.29, 0.717) is 11.4 Å². The highest BCUT2D eigenvalue weighted by Gasteiger charge is 2.09. The lowest BCUT2D eigenvalue weighted by molar-refractivity contribution is 0.283. The number of anilines is 2. The Morgan fingerprint density at radius 2 is 1.79 bits per heavy atom. The average molecular weight is 287 g/mol. The molecular formula is C12H21N3O3S. The monoisotopic (exact) mass is 287 g/mol. The van der Waals surface area contributed by atoms with Crippen LogP contribution in [-0.2, 0) is 10.0 Å². The summed E-state index contributed by atoms with van der Waals surface area (Å²) in [7, 11) is -3.74. The number of unbranched alkanes of at least 4 members (excludes halogenated alkanes) is 3. The van der Waals surface area contributed by atoms with E-state index in [4.69, 9.17) is 16.0 Å². The fraction of sp³-hybridized carbons (Fsp3) is 0.500. The van der Waals surface area contributed by atoms with Gasteiger partial charge in [0.1, 0.15) is 0 Å². The molecule has 0 saturated carbocycles. The third-order valence-electron chi connectivity index (χ3n) is 2.67. The standard InChI is InChI=1S/C12H21N3O3S/c13-10-7-11(9-12(8-10)19(14,17)18)15-5-3-1-2-4-6-16/h7-9,15-16H,1-6,13H2,(H2,14,17,18). The molecule has 0 atom stereocenters. The maximum absolute atomic E-state index is 11.3. The summed E-state index contributed by atoms with van der Waals surface area (Å²) in [5.41, 5.74) is 6.64. The molecule has 0 aliphatic heterocycles. The van der Waals surface area contributed by atoms with Gasteiger partial charge in [-0.05, 0) is 31.0 Å². The minimum Gasteiger partial charge on any atom is -0.399 e. The molecule has 0 amide bonds. The van der Waals surface area contributed by atoms with Gasteiger partial charge in [0.05, 0.1) is 4.90 Å². The van der Waals surface area contributed by atoms with E-state index in [2.05, 4.69) is 5.32 Å². The molecule has 0 saturated heterocycles. The first-order chi connectivity index (χ1) is 8.93. The highest BCUT2D eigenvalue weighted by Crippen LogP contribution is 2.19. The van der Waals surface area contributed by atoms with Crippen molar-refractivity contribution >= 4 is 21.4 Å². The predicted octanol–water partition coefficient (Wildman–Crippen LogP) is 0.881. The normalized spacial score (nSPS) is 11.5. The van der Waals surface area contributed by atoms with Gasteiger partial charge in [0.2, 0.25) is 10.0 Å². The van der Waals surface area contributed by atoms with Crippen LogP contribution in [0.25, 0.3) is 0 Å². The Morgan fingerprint density at radius 3 is 2.42 bits per heavy atom. The van der Waals surface area contributed by atoms with Crippen molar-refractivity contribution in [3.8, 4) is 0 Å². The van der Waals surface area contributed by atoms with Gasteiger partial charge in [0, 0.05) is 24.5 Å². The van der Waals surface area contributed by atoms with Gasteiger partial charge in [-0.15, -0.1) is 0 Å². The van der Waals surface area contributed by atoms with Gasteiger partial charge in [-0.25, -0.2) is 13.6 Å². The number of nitrogen functional groups attached to an aromatic ring is 1. The summed E-state index contributed by atoms with van der Waals surface area (Å²) in [4.78, 5) is 0.00952. The molecule has 0 bridgehead atoms. The van der Waals surface area contributed by atoms with Crippen molar-refractivity contribution in [2.75, 3.05) is 24.2 Å². The van der Waals surface area contributed by atoms with E-state index in [0.717, 1.165) is 32.2 Å². The minimum absolute atomic E-state index is 0.00952. The van der Waals surface area contributed by atoms with Gasteiger partial charge < -0.3 is 16.2 Å². The van der Waals surface area contributed by atoms with E-state index >= 15 is 0 Å². The van der Waals surface area contributed by atoms with Crippen molar-refractivity contribution < 1.29 is 13.5 Å². The van der Waals surface area contributed by atoms with Crippen molar-refractivity contribution in [2.24, 2.45) is 5.14 Å². The Balaban J connectivity index is 2.52. The molecular weight excluding hydrogens is 266 g/mol. The molecule has 0 fully saturated rings. The fourth-order valence-electron chi connectivity index (χ4n) is 1.71. The number of sulfonamides is 1. The molecule has 6 N–H and O–H groups in total. The topological polar surface area (TPSA) is 118 Å². The molecule has 0 aromatic heterocycles. The largest absolute Gasteiger partial charge is 0.399 e. The molecule has 6 nitrogen and oxygen atoms in total. The molecule has 7 heteroatoms. The summed E-state index contributed by atoms with van der Waals surface area (Å²) in [5, 5.41) is 16.8. The summed E-state index contributed by atoms with van der Waals surface area (Å²) in [6.07, 6.45) is 3.75. The Labute approximate surface area is 113 Å². The summed E-state index contributed by atoms with van der Waals surface area (Å²) in [5.74, 6) is 0. The van der Waals surface area contributed by atoms with E-state index in [-0.39, 0.29) is 11.5 Å². The van der Waals surface area contributed by atoms with Crippen LogP contribution < -0.4 is 16.2 Å². The second-order valence-corrected chi connectivity index (χ2v) is 5.96. The van der Waals surface area contributed by atoms with Crippen molar-refractivity contribution in [1.82, 2.24) is 0 Å². The Morgan fingerprint density at radius 1 is 1.11 bits per heavy atom. The number of hydrogen-bond donors (Lipinski definition) is 4. The lowest BCUT2D eigenvalue weighted by Gasteiger charge is -2.09. The maximum atomic E-state index is 11.3. The maximum Gasteiger partial charge on any atom is 0.238 e. The number of benzene rings is 1. The van der Waals surface area contributed by atoms with Gasteiger partial charge in [-0.2, -0.15) is 0 Å². The van der Waals surface area contributed by atoms with E-state index in [1.165, 1.54) is 12.1 Å². The SMILES string of the molecule is Nc1cc(NCCCCCCO)cc(S(N)(=O)=O)c1. The second kappa shape index (κ2) is 7.32. The molecule has 1 aromatic carbocycles. The van der Waals surface area contributed by atoms with Crippen LogP contribution >= 0.6 is 0 Å². The summed E-state index contributed by atoms with van der Waals surface area (Å²) >= 11 is 0. The summed E-state index contributed by atoms with van der Waals surface area (Å²) in [6, 6.07) is 4.48. The van der Waals surface area contributed by atoms with Crippen molar-refractivity contribution in [1.29, 1.82) is 0 Å². The molecule has 19 heavy (non-hydrogen) atoms. The second-order valence-electron chi connectivity index (χ2n) is 4.40. The first-order valence-corrected chi connectivity index (χ1v) is 7.76. The molecule has 1 aromatic rings. The van der Waals surface area contributed by atoms with Gasteiger partial charge in [-0.3, -0.25) is 0 Å². The quantitative estimate of drug-likeness (QED) is 0.418. The lowest BCUT2D eigenvalue weighted by Crippen LogP contribution is -2.13.